The Morgan fingerprint density at radius 3 is 2.21 bits per heavy atom. The van der Waals surface area contributed by atoms with Crippen LogP contribution in [-0.2, 0) is 16.6 Å². The molecule has 2 rings (SSSR count). The Morgan fingerprint density at radius 2 is 1.68 bits per heavy atom. The predicted octanol–water partition coefficient (Wildman–Crippen LogP) is 2.61. The van der Waals surface area contributed by atoms with E-state index in [-0.39, 0.29) is 29.0 Å². The van der Waals surface area contributed by atoms with E-state index < -0.39 is 11.9 Å². The van der Waals surface area contributed by atoms with Gasteiger partial charge in [-0.15, -0.1) is 0 Å². The van der Waals surface area contributed by atoms with Gasteiger partial charge >= 0.3 is 0 Å². The molecule has 0 fully saturated rings. The van der Waals surface area contributed by atoms with E-state index in [9.17, 15) is 14.4 Å². The van der Waals surface area contributed by atoms with Crippen LogP contribution in [0.1, 0.15) is 39.8 Å². The molecule has 1 unspecified atom stereocenters. The van der Waals surface area contributed by atoms with Gasteiger partial charge in [0.15, 0.2) is 0 Å². The number of hydrogen-bond donors (Lipinski definition) is 2. The molecular formula is C21H30N4O3. The molecule has 2 amide bonds. The average Bonchev–Trinajstić information content (AvgIpc) is 2.83. The predicted molar refractivity (Wildman–Crippen MR) is 111 cm³/mol. The van der Waals surface area contributed by atoms with Crippen LogP contribution >= 0.6 is 0 Å². The summed E-state index contributed by atoms with van der Waals surface area (Å²) in [6.45, 7) is 9.39. The topological polar surface area (TPSA) is 85.1 Å². The van der Waals surface area contributed by atoms with E-state index in [0.29, 0.717) is 17.8 Å². The molecule has 0 saturated carbocycles. The summed E-state index contributed by atoms with van der Waals surface area (Å²) < 4.78 is 3.21. The zero-order chi connectivity index (χ0) is 21.0. The summed E-state index contributed by atoms with van der Waals surface area (Å²) in [6, 6.07) is 8.52. The molecule has 1 atom stereocenters. The van der Waals surface area contributed by atoms with Crippen molar-refractivity contribution in [3.63, 3.8) is 0 Å². The Labute approximate surface area is 165 Å². The molecule has 0 bridgehead atoms. The van der Waals surface area contributed by atoms with E-state index in [1.54, 1.807) is 18.7 Å². The molecular weight excluding hydrogens is 356 g/mol. The standard InChI is InChI=1S/C21H30N4O3/c1-13(2)12-17(26)22-18(14(3)4)20(27)23-19-15(5)24(6)25(21(19)28)16-10-8-7-9-11-16/h7-11,13-14,18H,12H2,1-6H3,(H,22,26)(H,23,27). The SMILES string of the molecule is Cc1c(NC(=O)C(NC(=O)CC(C)C)C(C)C)c(=O)n(-c2ccccc2)n1C. The van der Waals surface area contributed by atoms with E-state index in [2.05, 4.69) is 10.6 Å². The van der Waals surface area contributed by atoms with Crippen LogP contribution in [0, 0.1) is 18.8 Å². The fourth-order valence-electron chi connectivity index (χ4n) is 3.05. The first-order valence-corrected chi connectivity index (χ1v) is 9.57. The summed E-state index contributed by atoms with van der Waals surface area (Å²) in [5, 5.41) is 5.53. The number of nitrogens with one attached hydrogen (secondary N) is 2. The minimum Gasteiger partial charge on any atom is -0.344 e. The highest BCUT2D eigenvalue weighted by molar-refractivity contribution is 5.97. The van der Waals surface area contributed by atoms with Gasteiger partial charge in [0.2, 0.25) is 11.8 Å². The van der Waals surface area contributed by atoms with Crippen LogP contribution in [0.3, 0.4) is 0 Å². The van der Waals surface area contributed by atoms with Crippen molar-refractivity contribution in [1.29, 1.82) is 0 Å². The molecule has 2 aromatic rings. The van der Waals surface area contributed by atoms with Crippen molar-refractivity contribution < 1.29 is 9.59 Å². The Kier molecular flexibility index (Phi) is 6.83. The zero-order valence-corrected chi connectivity index (χ0v) is 17.4. The lowest BCUT2D eigenvalue weighted by Gasteiger charge is -2.22. The third-order valence-electron chi connectivity index (χ3n) is 4.66. The van der Waals surface area contributed by atoms with Gasteiger partial charge in [-0.1, -0.05) is 45.9 Å². The first-order chi connectivity index (χ1) is 13.1. The molecule has 0 aliphatic heterocycles. The van der Waals surface area contributed by atoms with Crippen molar-refractivity contribution in [2.75, 3.05) is 5.32 Å². The third-order valence-corrected chi connectivity index (χ3v) is 4.66. The van der Waals surface area contributed by atoms with E-state index in [0.717, 1.165) is 0 Å². The first-order valence-electron chi connectivity index (χ1n) is 9.57. The highest BCUT2D eigenvalue weighted by Gasteiger charge is 2.27. The van der Waals surface area contributed by atoms with Gasteiger partial charge in [-0.2, -0.15) is 0 Å². The molecule has 1 heterocycles. The largest absolute Gasteiger partial charge is 0.344 e. The number of nitrogens with zero attached hydrogens (tertiary/aromatic N) is 2. The third kappa shape index (κ3) is 4.71. The second-order valence-electron chi connectivity index (χ2n) is 7.81. The summed E-state index contributed by atoms with van der Waals surface area (Å²) in [6.07, 6.45) is 0.349. The van der Waals surface area contributed by atoms with Crippen LogP contribution in [0.15, 0.2) is 35.1 Å². The van der Waals surface area contributed by atoms with Crippen LogP contribution in [-0.4, -0.2) is 27.2 Å². The first kappa shape index (κ1) is 21.5. The van der Waals surface area contributed by atoms with Gasteiger partial charge in [0.25, 0.3) is 5.56 Å². The molecule has 28 heavy (non-hydrogen) atoms. The van der Waals surface area contributed by atoms with Gasteiger partial charge < -0.3 is 10.6 Å². The molecule has 7 nitrogen and oxygen atoms in total. The minimum absolute atomic E-state index is 0.114. The maximum Gasteiger partial charge on any atom is 0.295 e. The van der Waals surface area contributed by atoms with Crippen LogP contribution < -0.4 is 16.2 Å². The smallest absolute Gasteiger partial charge is 0.295 e. The van der Waals surface area contributed by atoms with Crippen LogP contribution in [0.4, 0.5) is 5.69 Å². The van der Waals surface area contributed by atoms with Gasteiger partial charge in [0.1, 0.15) is 11.7 Å². The summed E-state index contributed by atoms with van der Waals surface area (Å²) >= 11 is 0. The zero-order valence-electron chi connectivity index (χ0n) is 17.4. The second kappa shape index (κ2) is 8.91. The van der Waals surface area contributed by atoms with Crippen molar-refractivity contribution in [3.8, 4) is 5.69 Å². The average molecular weight is 386 g/mol. The number of carbonyl (C=O) groups is 2. The summed E-state index contributed by atoms with van der Waals surface area (Å²) in [5.74, 6) is -0.477. The Balaban J connectivity index is 2.30. The lowest BCUT2D eigenvalue weighted by atomic mass is 10.0. The van der Waals surface area contributed by atoms with Gasteiger partial charge in [0, 0.05) is 13.5 Å². The summed E-state index contributed by atoms with van der Waals surface area (Å²) in [5.41, 5.74) is 1.26. The number of benzene rings is 1. The molecule has 0 aliphatic rings. The second-order valence-corrected chi connectivity index (χ2v) is 7.81. The monoisotopic (exact) mass is 386 g/mol. The highest BCUT2D eigenvalue weighted by Crippen LogP contribution is 2.15. The van der Waals surface area contributed by atoms with E-state index in [1.807, 2.05) is 58.0 Å². The molecule has 0 radical (unpaired) electrons. The number of hydrogen-bond acceptors (Lipinski definition) is 3. The van der Waals surface area contributed by atoms with Gasteiger partial charge in [-0.3, -0.25) is 19.1 Å². The van der Waals surface area contributed by atoms with Crippen LogP contribution in [0.5, 0.6) is 0 Å². The van der Waals surface area contributed by atoms with Gasteiger partial charge in [-0.05, 0) is 30.9 Å². The maximum absolute atomic E-state index is 12.9. The Morgan fingerprint density at radius 1 is 1.07 bits per heavy atom. The van der Waals surface area contributed by atoms with Crippen molar-refractivity contribution >= 4 is 17.5 Å². The van der Waals surface area contributed by atoms with E-state index in [4.69, 9.17) is 0 Å². The summed E-state index contributed by atoms with van der Waals surface area (Å²) in [4.78, 5) is 37.9. The van der Waals surface area contributed by atoms with Crippen molar-refractivity contribution in [2.45, 2.75) is 47.1 Å². The Bertz CT molecular complexity index is 894. The number of carbonyl (C=O) groups excluding carboxylic acids is 2. The molecule has 1 aromatic carbocycles. The van der Waals surface area contributed by atoms with Crippen molar-refractivity contribution in [2.24, 2.45) is 18.9 Å². The molecule has 1 aromatic heterocycles. The van der Waals surface area contributed by atoms with Crippen molar-refractivity contribution in [1.82, 2.24) is 14.7 Å². The molecule has 152 valence electrons. The normalized spacial score (nSPS) is 12.3. The maximum atomic E-state index is 12.9. The Hall–Kier alpha value is -2.83. The van der Waals surface area contributed by atoms with E-state index >= 15 is 0 Å². The number of anilines is 1. The van der Waals surface area contributed by atoms with Gasteiger partial charge in [-0.25, -0.2) is 4.68 Å². The number of rotatable bonds is 7. The molecule has 0 aliphatic carbocycles. The number of aromatic nitrogens is 2. The minimum atomic E-state index is -0.713. The molecule has 7 heteroatoms. The lowest BCUT2D eigenvalue weighted by molar-refractivity contribution is -0.127. The number of para-hydroxylation sites is 1. The molecule has 0 spiro atoms. The quantitative estimate of drug-likeness (QED) is 0.767. The fourth-order valence-corrected chi connectivity index (χ4v) is 3.05. The van der Waals surface area contributed by atoms with Crippen molar-refractivity contribution in [3.05, 3.63) is 46.4 Å². The molecule has 0 saturated heterocycles. The van der Waals surface area contributed by atoms with Crippen LogP contribution in [0.2, 0.25) is 0 Å². The van der Waals surface area contributed by atoms with Crippen LogP contribution in [0.25, 0.3) is 5.69 Å². The van der Waals surface area contributed by atoms with E-state index in [1.165, 1.54) is 4.68 Å². The highest BCUT2D eigenvalue weighted by atomic mass is 16.2. The molecule has 2 N–H and O–H groups in total. The fraction of sp³-hybridized carbons (Fsp3) is 0.476. The van der Waals surface area contributed by atoms with Gasteiger partial charge in [0.05, 0.1) is 11.4 Å². The number of amides is 2. The summed E-state index contributed by atoms with van der Waals surface area (Å²) in [7, 11) is 1.77. The lowest BCUT2D eigenvalue weighted by Crippen LogP contribution is -2.47.